The van der Waals surface area contributed by atoms with Crippen molar-refractivity contribution in [1.29, 1.82) is 0 Å². The molecule has 0 aliphatic rings. The fourth-order valence-electron chi connectivity index (χ4n) is 1.31. The van der Waals surface area contributed by atoms with Gasteiger partial charge in [-0.1, -0.05) is 26.2 Å². The van der Waals surface area contributed by atoms with Gasteiger partial charge in [-0.25, -0.2) is 0 Å². The Morgan fingerprint density at radius 2 is 2.06 bits per heavy atom. The average molecular weight is 230 g/mol. The zero-order chi connectivity index (χ0) is 12.9. The van der Waals surface area contributed by atoms with E-state index in [4.69, 9.17) is 7.10 Å². The summed E-state index contributed by atoms with van der Waals surface area (Å²) >= 11 is 0. The molecule has 0 saturated carbocycles. The van der Waals surface area contributed by atoms with Gasteiger partial charge in [-0.3, -0.25) is 4.79 Å². The molecule has 0 aromatic heterocycles. The van der Waals surface area contributed by atoms with E-state index in [0.717, 1.165) is 38.5 Å². The first-order valence-electron chi connectivity index (χ1n) is 6.90. The Bertz CT molecular complexity index is 191. The molecular weight excluding hydrogens is 202 g/mol. The summed E-state index contributed by atoms with van der Waals surface area (Å²) in [5, 5.41) is 5.73. The molecule has 1 atom stereocenters. The van der Waals surface area contributed by atoms with Crippen LogP contribution in [0.15, 0.2) is 0 Å². The van der Waals surface area contributed by atoms with Gasteiger partial charge in [0.2, 0.25) is 5.91 Å². The predicted molar refractivity (Wildman–Crippen MR) is 68.3 cm³/mol. The summed E-state index contributed by atoms with van der Waals surface area (Å²) in [4.78, 5) is 11.4. The molecule has 0 spiro atoms. The van der Waals surface area contributed by atoms with Crippen LogP contribution in [0.2, 0.25) is 0 Å². The topological polar surface area (TPSA) is 67.2 Å². The van der Waals surface area contributed by atoms with Gasteiger partial charge >= 0.3 is 0 Å². The summed E-state index contributed by atoms with van der Waals surface area (Å²) < 4.78 is 7.63. The second-order valence-electron chi connectivity index (χ2n) is 3.93. The fourth-order valence-corrected chi connectivity index (χ4v) is 1.31. The first kappa shape index (κ1) is 13.5. The van der Waals surface area contributed by atoms with Crippen LogP contribution in [0.1, 0.15) is 46.8 Å². The van der Waals surface area contributed by atoms with Gasteiger partial charge in [0.25, 0.3) is 0 Å². The van der Waals surface area contributed by atoms with Crippen molar-refractivity contribution in [2.24, 2.45) is 5.73 Å². The highest BCUT2D eigenvalue weighted by Gasteiger charge is 1.98. The maximum atomic E-state index is 11.4. The molecule has 0 rings (SSSR count). The lowest BCUT2D eigenvalue weighted by atomic mass is 10.2. The molecule has 4 heteroatoms. The van der Waals surface area contributed by atoms with Crippen molar-refractivity contribution < 1.29 is 6.17 Å². The Morgan fingerprint density at radius 1 is 1.25 bits per heavy atom. The van der Waals surface area contributed by atoms with E-state index in [1.165, 1.54) is 0 Å². The molecule has 4 N–H and O–H groups in total. The van der Waals surface area contributed by atoms with E-state index in [-0.39, 0.29) is 19.0 Å². The molecule has 96 valence electrons. The van der Waals surface area contributed by atoms with Crippen molar-refractivity contribution in [3.05, 3.63) is 0 Å². The van der Waals surface area contributed by atoms with Crippen LogP contribution in [-0.4, -0.2) is 32.1 Å². The zero-order valence-corrected chi connectivity index (χ0v) is 10.4. The summed E-state index contributed by atoms with van der Waals surface area (Å²) in [5.41, 5.74) is 5.37. The van der Waals surface area contributed by atoms with E-state index in [1.807, 2.05) is 0 Å². The summed E-state index contributed by atoms with van der Waals surface area (Å²) in [5.74, 6) is -0.0218. The Hall–Kier alpha value is -0.610. The van der Waals surface area contributed by atoms with Crippen molar-refractivity contribution in [2.75, 3.05) is 26.2 Å². The highest BCUT2D eigenvalue weighted by Crippen LogP contribution is 1.91. The second kappa shape index (κ2) is 12.5. The molecule has 0 aromatic rings. The number of carbonyl (C=O) groups excluding carboxylic acids is 1. The van der Waals surface area contributed by atoms with E-state index in [0.29, 0.717) is 13.1 Å². The lowest BCUT2D eigenvalue weighted by molar-refractivity contribution is -0.120. The summed E-state index contributed by atoms with van der Waals surface area (Å²) in [7, 11) is 0. The standard InChI is InChI=1S/C12H27N3O/c1-2-3-6-9-14-11-12(16)15-10-7-4-5-8-13/h14H,2-11,13H2,1H3,(H,15,16)/i9D/t9-/m1/s1. The predicted octanol–water partition coefficient (Wildman–Crippen LogP) is 1.01. The highest BCUT2D eigenvalue weighted by molar-refractivity contribution is 5.77. The molecule has 0 aromatic carbocycles. The number of hydrogen-bond donors (Lipinski definition) is 3. The van der Waals surface area contributed by atoms with Crippen LogP contribution in [0.5, 0.6) is 0 Å². The Kier molecular flexibility index (Phi) is 10.5. The monoisotopic (exact) mass is 230 g/mol. The van der Waals surface area contributed by atoms with Crippen LogP contribution >= 0.6 is 0 Å². The minimum Gasteiger partial charge on any atom is -0.355 e. The van der Waals surface area contributed by atoms with Crippen LogP contribution in [-0.2, 0) is 4.79 Å². The molecule has 0 saturated heterocycles. The first-order chi connectivity index (χ1) is 8.20. The number of nitrogens with two attached hydrogens (primary N) is 1. The molecule has 0 unspecified atom stereocenters. The minimum atomic E-state index is -0.321. The van der Waals surface area contributed by atoms with Crippen LogP contribution in [0.25, 0.3) is 0 Å². The quantitative estimate of drug-likeness (QED) is 0.464. The maximum Gasteiger partial charge on any atom is 0.233 e. The third-order valence-electron chi connectivity index (χ3n) is 2.31. The largest absolute Gasteiger partial charge is 0.355 e. The van der Waals surface area contributed by atoms with Crippen molar-refractivity contribution >= 4 is 5.91 Å². The van der Waals surface area contributed by atoms with Crippen LogP contribution in [0.3, 0.4) is 0 Å². The smallest absolute Gasteiger partial charge is 0.233 e. The third-order valence-corrected chi connectivity index (χ3v) is 2.31. The first-order valence-corrected chi connectivity index (χ1v) is 6.33. The maximum absolute atomic E-state index is 11.4. The lowest BCUT2D eigenvalue weighted by Crippen LogP contribution is -2.34. The molecule has 0 fully saturated rings. The normalized spacial score (nSPS) is 13.2. The van der Waals surface area contributed by atoms with E-state index in [1.54, 1.807) is 0 Å². The molecule has 0 aliphatic carbocycles. The van der Waals surface area contributed by atoms with Crippen LogP contribution < -0.4 is 16.4 Å². The SMILES string of the molecule is [2H][C@H](CCCC)NCC(=O)NCCCCCN. The van der Waals surface area contributed by atoms with Gasteiger partial charge in [0, 0.05) is 7.92 Å². The molecule has 1 amide bonds. The molecular formula is C12H27N3O. The van der Waals surface area contributed by atoms with Crippen molar-refractivity contribution in [3.8, 4) is 0 Å². The van der Waals surface area contributed by atoms with Gasteiger partial charge in [-0.2, -0.15) is 0 Å². The molecule has 0 heterocycles. The average Bonchev–Trinajstić information content (AvgIpc) is 2.33. The Labute approximate surface area is 101 Å². The van der Waals surface area contributed by atoms with Gasteiger partial charge in [0.05, 0.1) is 6.54 Å². The summed E-state index contributed by atoms with van der Waals surface area (Å²) in [6.07, 6.45) is 5.97. The number of rotatable bonds is 11. The zero-order valence-electron chi connectivity index (χ0n) is 11.4. The number of nitrogens with one attached hydrogen (secondary N) is 2. The van der Waals surface area contributed by atoms with E-state index in [2.05, 4.69) is 17.6 Å². The number of unbranched alkanes of at least 4 members (excludes halogenated alkanes) is 3. The van der Waals surface area contributed by atoms with Gasteiger partial charge in [0.1, 0.15) is 0 Å². The van der Waals surface area contributed by atoms with Crippen LogP contribution in [0, 0.1) is 0 Å². The number of hydrogen-bond acceptors (Lipinski definition) is 3. The summed E-state index contributed by atoms with van der Waals surface area (Å²) in [6.45, 7) is 3.44. The molecule has 0 radical (unpaired) electrons. The lowest BCUT2D eigenvalue weighted by Gasteiger charge is -2.06. The van der Waals surface area contributed by atoms with E-state index >= 15 is 0 Å². The number of amides is 1. The Balaban J connectivity index is 3.33. The van der Waals surface area contributed by atoms with Crippen LogP contribution in [0.4, 0.5) is 0 Å². The molecule has 0 aliphatic heterocycles. The van der Waals surface area contributed by atoms with Crippen molar-refractivity contribution in [3.63, 3.8) is 0 Å². The van der Waals surface area contributed by atoms with Gasteiger partial charge in [-0.15, -0.1) is 0 Å². The molecule has 0 bridgehead atoms. The van der Waals surface area contributed by atoms with E-state index in [9.17, 15) is 4.79 Å². The van der Waals surface area contributed by atoms with E-state index < -0.39 is 0 Å². The summed E-state index contributed by atoms with van der Waals surface area (Å²) in [6, 6.07) is 0. The van der Waals surface area contributed by atoms with Crippen molar-refractivity contribution in [1.82, 2.24) is 10.6 Å². The fraction of sp³-hybridized carbons (Fsp3) is 0.917. The van der Waals surface area contributed by atoms with Gasteiger partial charge in [0.15, 0.2) is 0 Å². The van der Waals surface area contributed by atoms with Gasteiger partial charge in [-0.05, 0) is 32.3 Å². The van der Waals surface area contributed by atoms with Gasteiger partial charge < -0.3 is 16.4 Å². The van der Waals surface area contributed by atoms with Crippen molar-refractivity contribution in [2.45, 2.75) is 45.4 Å². The Morgan fingerprint density at radius 3 is 2.75 bits per heavy atom. The second-order valence-corrected chi connectivity index (χ2v) is 3.93. The number of carbonyl (C=O) groups is 1. The highest BCUT2D eigenvalue weighted by atomic mass is 16.1. The third kappa shape index (κ3) is 11.5. The minimum absolute atomic E-state index is 0.0218. The molecule has 16 heavy (non-hydrogen) atoms. The molecule has 4 nitrogen and oxygen atoms in total.